The van der Waals surface area contributed by atoms with Gasteiger partial charge in [-0.1, -0.05) is 0 Å². The number of hydrogen-bond acceptors (Lipinski definition) is 6. The fourth-order valence-corrected chi connectivity index (χ4v) is 2.91. The zero-order chi connectivity index (χ0) is 19.6. The molecule has 3 N–H and O–H groups in total. The van der Waals surface area contributed by atoms with E-state index >= 15 is 0 Å². The molecular formula is C16H18F3N5O3. The van der Waals surface area contributed by atoms with Gasteiger partial charge >= 0.3 is 6.36 Å². The van der Waals surface area contributed by atoms with Crippen LogP contribution in [0.4, 0.5) is 19.1 Å². The molecule has 1 fully saturated rings. The van der Waals surface area contributed by atoms with Gasteiger partial charge in [0.25, 0.3) is 5.91 Å². The Bertz CT molecular complexity index is 845. The summed E-state index contributed by atoms with van der Waals surface area (Å²) in [6, 6.07) is 3.03. The highest BCUT2D eigenvalue weighted by Gasteiger charge is 2.34. The molecule has 1 aliphatic rings. The number of ether oxygens (including phenoxy) is 1. The number of aromatic amines is 1. The van der Waals surface area contributed by atoms with Crippen LogP contribution in [0.25, 0.3) is 11.0 Å². The predicted molar refractivity (Wildman–Crippen MR) is 90.2 cm³/mol. The Kier molecular flexibility index (Phi) is 5.33. The largest absolute Gasteiger partial charge is 0.573 e. The number of H-pyrrole nitrogens is 1. The van der Waals surface area contributed by atoms with Crippen molar-refractivity contribution in [1.82, 2.24) is 20.6 Å². The van der Waals surface area contributed by atoms with Crippen molar-refractivity contribution in [3.63, 3.8) is 0 Å². The molecule has 1 aliphatic heterocycles. The smallest absolute Gasteiger partial charge is 0.406 e. The molecule has 1 saturated heterocycles. The van der Waals surface area contributed by atoms with Gasteiger partial charge in [-0.3, -0.25) is 9.59 Å². The maximum atomic E-state index is 12.8. The lowest BCUT2D eigenvalue weighted by molar-refractivity contribution is -0.274. The van der Waals surface area contributed by atoms with Crippen LogP contribution < -0.4 is 20.3 Å². The average molecular weight is 385 g/mol. The minimum absolute atomic E-state index is 0.0480. The highest BCUT2D eigenvalue weighted by Crippen LogP contribution is 2.27. The predicted octanol–water partition coefficient (Wildman–Crippen LogP) is 1.29. The van der Waals surface area contributed by atoms with Gasteiger partial charge in [0.05, 0.1) is 23.6 Å². The summed E-state index contributed by atoms with van der Waals surface area (Å²) in [5.41, 5.74) is 0.509. The van der Waals surface area contributed by atoms with Crippen molar-refractivity contribution in [2.45, 2.75) is 25.2 Å². The molecule has 0 spiro atoms. The second kappa shape index (κ2) is 7.53. The lowest BCUT2D eigenvalue weighted by Gasteiger charge is -2.21. The Morgan fingerprint density at radius 1 is 1.41 bits per heavy atom. The number of nitrogens with zero attached hydrogens (tertiary/aromatic N) is 2. The average Bonchev–Trinajstić information content (AvgIpc) is 3.22. The quantitative estimate of drug-likeness (QED) is 0.718. The molecule has 1 atom stereocenters. The number of imidazole rings is 1. The number of alkyl halides is 3. The van der Waals surface area contributed by atoms with E-state index in [0.29, 0.717) is 18.5 Å². The number of carbonyl (C=O) groups excluding carboxylic acids is 2. The first kappa shape index (κ1) is 19.1. The summed E-state index contributed by atoms with van der Waals surface area (Å²) < 4.78 is 41.0. The molecule has 2 amide bonds. The van der Waals surface area contributed by atoms with Crippen molar-refractivity contribution < 1.29 is 27.5 Å². The number of hydrogen-bond donors (Lipinski definition) is 3. The van der Waals surface area contributed by atoms with Crippen LogP contribution >= 0.6 is 0 Å². The molecule has 11 heteroatoms. The zero-order valence-corrected chi connectivity index (χ0v) is 14.4. The number of carbonyl (C=O) groups is 2. The number of rotatable bonds is 5. The summed E-state index contributed by atoms with van der Waals surface area (Å²) in [7, 11) is 1.56. The van der Waals surface area contributed by atoms with Crippen LogP contribution in [0.2, 0.25) is 0 Å². The Morgan fingerprint density at radius 3 is 2.81 bits per heavy atom. The van der Waals surface area contributed by atoms with Gasteiger partial charge in [0.2, 0.25) is 11.9 Å². The van der Waals surface area contributed by atoms with Gasteiger partial charge in [0, 0.05) is 6.07 Å². The summed E-state index contributed by atoms with van der Waals surface area (Å²) in [4.78, 5) is 33.1. The van der Waals surface area contributed by atoms with E-state index in [9.17, 15) is 22.8 Å². The molecular weight excluding hydrogens is 367 g/mol. The van der Waals surface area contributed by atoms with E-state index in [0.717, 1.165) is 23.5 Å². The van der Waals surface area contributed by atoms with Crippen LogP contribution in [0.3, 0.4) is 0 Å². The van der Waals surface area contributed by atoms with E-state index in [-0.39, 0.29) is 18.0 Å². The normalized spacial score (nSPS) is 17.3. The third kappa shape index (κ3) is 4.37. The van der Waals surface area contributed by atoms with Crippen LogP contribution in [0.1, 0.15) is 12.8 Å². The van der Waals surface area contributed by atoms with Crippen molar-refractivity contribution >= 4 is 28.8 Å². The van der Waals surface area contributed by atoms with E-state index < -0.39 is 30.0 Å². The van der Waals surface area contributed by atoms with Gasteiger partial charge in [-0.15, -0.1) is 13.2 Å². The number of benzene rings is 1. The van der Waals surface area contributed by atoms with Gasteiger partial charge in [-0.05, 0) is 38.6 Å². The fourth-order valence-electron chi connectivity index (χ4n) is 2.91. The minimum atomic E-state index is -4.82. The van der Waals surface area contributed by atoms with Crippen LogP contribution in [0.5, 0.6) is 5.75 Å². The van der Waals surface area contributed by atoms with Crippen molar-refractivity contribution in [2.24, 2.45) is 0 Å². The summed E-state index contributed by atoms with van der Waals surface area (Å²) in [6.45, 7) is 0.570. The van der Waals surface area contributed by atoms with Gasteiger partial charge in [0.1, 0.15) is 5.75 Å². The van der Waals surface area contributed by atoms with E-state index in [1.165, 1.54) is 6.07 Å². The lowest BCUT2D eigenvalue weighted by atomic mass is 10.2. The van der Waals surface area contributed by atoms with Crippen LogP contribution in [-0.4, -0.2) is 54.3 Å². The zero-order valence-electron chi connectivity index (χ0n) is 14.4. The summed E-state index contributed by atoms with van der Waals surface area (Å²) >= 11 is 0. The van der Waals surface area contributed by atoms with Crippen LogP contribution in [-0.2, 0) is 9.59 Å². The van der Waals surface area contributed by atoms with Crippen molar-refractivity contribution in [2.75, 3.05) is 25.0 Å². The minimum Gasteiger partial charge on any atom is -0.406 e. The molecule has 27 heavy (non-hydrogen) atoms. The third-order valence-electron chi connectivity index (χ3n) is 4.04. The number of fused-ring (bicyclic) bond motifs is 1. The lowest BCUT2D eigenvalue weighted by Crippen LogP contribution is -2.49. The van der Waals surface area contributed by atoms with E-state index in [2.05, 4.69) is 25.3 Å². The van der Waals surface area contributed by atoms with Gasteiger partial charge in [-0.25, -0.2) is 9.88 Å². The van der Waals surface area contributed by atoms with E-state index in [4.69, 9.17) is 0 Å². The van der Waals surface area contributed by atoms with Gasteiger partial charge in [-0.2, -0.15) is 0 Å². The molecule has 0 radical (unpaired) electrons. The number of imide groups is 1. The van der Waals surface area contributed by atoms with E-state index in [1.807, 2.05) is 0 Å². The molecule has 0 unspecified atom stereocenters. The van der Waals surface area contributed by atoms with Gasteiger partial charge in [0.15, 0.2) is 0 Å². The topological polar surface area (TPSA) is 99.4 Å². The summed E-state index contributed by atoms with van der Waals surface area (Å²) in [5.74, 6) is -1.46. The van der Waals surface area contributed by atoms with Crippen molar-refractivity contribution in [3.05, 3.63) is 18.2 Å². The number of halogens is 3. The fraction of sp³-hybridized carbons (Fsp3) is 0.438. The van der Waals surface area contributed by atoms with Crippen molar-refractivity contribution in [1.29, 1.82) is 0 Å². The van der Waals surface area contributed by atoms with Crippen LogP contribution in [0.15, 0.2) is 18.2 Å². The Hall–Kier alpha value is -2.66. The molecule has 2 aromatic rings. The SMILES string of the molecule is CNCC(=O)N(C(=O)[C@@H]1CCCN1)c1nc2ccc(OC(F)(F)F)cc2[nH]1. The van der Waals surface area contributed by atoms with Crippen LogP contribution in [0, 0.1) is 0 Å². The molecule has 8 nitrogen and oxygen atoms in total. The van der Waals surface area contributed by atoms with Gasteiger partial charge < -0.3 is 20.4 Å². The first-order valence-corrected chi connectivity index (χ1v) is 8.29. The molecule has 1 aromatic carbocycles. The number of likely N-dealkylation sites (N-methyl/N-ethyl adjacent to an activating group) is 1. The summed E-state index contributed by atoms with van der Waals surface area (Å²) in [6.07, 6.45) is -3.43. The standard InChI is InChI=1S/C16H18F3N5O3/c1-20-8-13(25)24(14(26)11-3-2-6-21-11)15-22-10-5-4-9(7-12(10)23-15)27-16(17,18)19/h4-5,7,11,20-21H,2-3,6,8H2,1H3,(H,22,23)/t11-/m0/s1. The molecule has 2 heterocycles. The third-order valence-corrected chi connectivity index (χ3v) is 4.04. The first-order valence-electron chi connectivity index (χ1n) is 8.29. The molecule has 0 saturated carbocycles. The number of anilines is 1. The molecule has 3 rings (SSSR count). The highest BCUT2D eigenvalue weighted by molar-refractivity contribution is 6.16. The molecule has 0 bridgehead atoms. The second-order valence-corrected chi connectivity index (χ2v) is 6.03. The molecule has 0 aliphatic carbocycles. The summed E-state index contributed by atoms with van der Waals surface area (Å²) in [5, 5.41) is 5.70. The Labute approximate surface area is 152 Å². The second-order valence-electron chi connectivity index (χ2n) is 6.03. The van der Waals surface area contributed by atoms with E-state index in [1.54, 1.807) is 7.05 Å². The Balaban J connectivity index is 1.94. The number of amides is 2. The maximum Gasteiger partial charge on any atom is 0.573 e. The number of nitrogens with one attached hydrogen (secondary N) is 3. The monoisotopic (exact) mass is 385 g/mol. The van der Waals surface area contributed by atoms with Crippen molar-refractivity contribution in [3.8, 4) is 5.75 Å². The number of aromatic nitrogens is 2. The molecule has 146 valence electrons. The Morgan fingerprint density at radius 2 is 2.19 bits per heavy atom. The first-order chi connectivity index (χ1) is 12.8. The molecule has 1 aromatic heterocycles. The highest BCUT2D eigenvalue weighted by atomic mass is 19.4. The maximum absolute atomic E-state index is 12.8.